The minimum atomic E-state index is 0.848. The predicted octanol–water partition coefficient (Wildman–Crippen LogP) is 1.15. The van der Waals surface area contributed by atoms with Gasteiger partial charge in [-0.25, -0.2) is 10.9 Å². The van der Waals surface area contributed by atoms with Gasteiger partial charge in [0.05, 0.1) is 0 Å². The highest BCUT2D eigenvalue weighted by molar-refractivity contribution is 4.45. The summed E-state index contributed by atoms with van der Waals surface area (Å²) in [5.41, 5.74) is 6.48. The first-order chi connectivity index (χ1) is 6.85. The zero-order valence-electron chi connectivity index (χ0n) is 9.81. The van der Waals surface area contributed by atoms with Crippen LogP contribution in [0.25, 0.3) is 0 Å². The van der Waals surface area contributed by atoms with Crippen LogP contribution in [0.2, 0.25) is 0 Å². The Kier molecular flexibility index (Phi) is 10.8. The van der Waals surface area contributed by atoms with E-state index in [2.05, 4.69) is 31.6 Å². The number of hydrogen-bond acceptors (Lipinski definition) is 4. The molecule has 0 aromatic rings. The molecule has 0 aliphatic carbocycles. The molecule has 0 fully saturated rings. The summed E-state index contributed by atoms with van der Waals surface area (Å²) in [5.74, 6) is 0. The van der Waals surface area contributed by atoms with Gasteiger partial charge in [-0.15, -0.1) is 0 Å². The predicted molar refractivity (Wildman–Crippen MR) is 59.8 cm³/mol. The van der Waals surface area contributed by atoms with E-state index in [1.807, 2.05) is 5.12 Å². The van der Waals surface area contributed by atoms with Crippen LogP contribution < -0.4 is 10.9 Å². The number of nitrogens with one attached hydrogen (secondary N) is 2. The molecule has 14 heavy (non-hydrogen) atoms. The molecule has 0 amide bonds. The van der Waals surface area contributed by atoms with E-state index in [0.29, 0.717) is 0 Å². The second-order valence-electron chi connectivity index (χ2n) is 3.14. The molecule has 0 spiro atoms. The first kappa shape index (κ1) is 13.8. The number of hydrogen-bond donors (Lipinski definition) is 2. The average Bonchev–Trinajstić information content (AvgIpc) is 2.18. The molecule has 0 aromatic carbocycles. The smallest absolute Gasteiger partial charge is 0.0479 e. The lowest BCUT2D eigenvalue weighted by atomic mass is 10.4. The zero-order valence-corrected chi connectivity index (χ0v) is 9.81. The average molecular weight is 203 g/mol. The van der Waals surface area contributed by atoms with E-state index in [1.54, 1.807) is 0 Å². The maximum absolute atomic E-state index is 5.41. The van der Waals surface area contributed by atoms with Crippen LogP contribution >= 0.6 is 0 Å². The summed E-state index contributed by atoms with van der Waals surface area (Å²) in [7, 11) is 0. The van der Waals surface area contributed by atoms with Gasteiger partial charge in [-0.3, -0.25) is 0 Å². The van der Waals surface area contributed by atoms with Crippen molar-refractivity contribution in [2.75, 3.05) is 32.8 Å². The third kappa shape index (κ3) is 8.44. The van der Waals surface area contributed by atoms with Gasteiger partial charge in [0.2, 0.25) is 0 Å². The quantitative estimate of drug-likeness (QED) is 0.412. The van der Waals surface area contributed by atoms with Gasteiger partial charge < -0.3 is 4.74 Å². The van der Waals surface area contributed by atoms with Gasteiger partial charge in [-0.05, 0) is 12.8 Å². The van der Waals surface area contributed by atoms with Crippen molar-refractivity contribution in [2.45, 2.75) is 33.6 Å². The molecule has 0 atom stereocenters. The fourth-order valence-electron chi connectivity index (χ4n) is 1.17. The molecule has 4 nitrogen and oxygen atoms in total. The highest BCUT2D eigenvalue weighted by Gasteiger charge is 1.99. The minimum absolute atomic E-state index is 0.848. The first-order valence-electron chi connectivity index (χ1n) is 5.67. The third-order valence-corrected chi connectivity index (χ3v) is 1.72. The van der Waals surface area contributed by atoms with Crippen LogP contribution in [0.4, 0.5) is 0 Å². The van der Waals surface area contributed by atoms with Gasteiger partial charge in [0, 0.05) is 32.8 Å². The lowest BCUT2D eigenvalue weighted by Crippen LogP contribution is -2.48. The van der Waals surface area contributed by atoms with Crippen molar-refractivity contribution in [2.24, 2.45) is 0 Å². The third-order valence-electron chi connectivity index (χ3n) is 1.72. The molecule has 0 saturated heterocycles. The summed E-state index contributed by atoms with van der Waals surface area (Å²) in [6, 6.07) is 0. The van der Waals surface area contributed by atoms with Crippen molar-refractivity contribution in [3.8, 4) is 0 Å². The number of hydrazine groups is 2. The summed E-state index contributed by atoms with van der Waals surface area (Å²) >= 11 is 0. The van der Waals surface area contributed by atoms with Crippen molar-refractivity contribution in [1.29, 1.82) is 0 Å². The van der Waals surface area contributed by atoms with Gasteiger partial charge in [0.25, 0.3) is 0 Å². The summed E-state index contributed by atoms with van der Waals surface area (Å²) in [4.78, 5) is 0. The molecule has 0 unspecified atom stereocenters. The molecule has 0 aliphatic rings. The molecule has 0 rings (SSSR count). The highest BCUT2D eigenvalue weighted by Crippen LogP contribution is 1.87. The standard InChI is InChI=1S/C10H25N3O/c1-4-9-14-10-7-8-13(11-5-2)12-6-3/h11-12H,4-10H2,1-3H3. The van der Waals surface area contributed by atoms with E-state index in [9.17, 15) is 0 Å². The Labute approximate surface area is 87.9 Å². The summed E-state index contributed by atoms with van der Waals surface area (Å²) in [5, 5.41) is 2.04. The van der Waals surface area contributed by atoms with E-state index in [4.69, 9.17) is 4.74 Å². The molecule has 0 aromatic heterocycles. The fraction of sp³-hybridized carbons (Fsp3) is 1.00. The molecule has 2 N–H and O–H groups in total. The van der Waals surface area contributed by atoms with Gasteiger partial charge in [-0.2, -0.15) is 5.12 Å². The SMILES string of the molecule is CCCOCCCN(NCC)NCC. The normalized spacial score (nSPS) is 11.1. The molecule has 86 valence electrons. The number of nitrogens with zero attached hydrogens (tertiary/aromatic N) is 1. The van der Waals surface area contributed by atoms with E-state index in [1.165, 1.54) is 0 Å². The Morgan fingerprint density at radius 3 is 2.14 bits per heavy atom. The molecule has 0 saturated carbocycles. The fourth-order valence-corrected chi connectivity index (χ4v) is 1.17. The van der Waals surface area contributed by atoms with E-state index < -0.39 is 0 Å². The van der Waals surface area contributed by atoms with Crippen LogP contribution in [0.3, 0.4) is 0 Å². The van der Waals surface area contributed by atoms with Crippen LogP contribution in [0, 0.1) is 0 Å². The second-order valence-corrected chi connectivity index (χ2v) is 3.14. The van der Waals surface area contributed by atoms with E-state index in [-0.39, 0.29) is 0 Å². The van der Waals surface area contributed by atoms with E-state index in [0.717, 1.165) is 45.7 Å². The number of rotatable bonds is 10. The molecule has 0 radical (unpaired) electrons. The largest absolute Gasteiger partial charge is 0.381 e. The first-order valence-corrected chi connectivity index (χ1v) is 5.67. The molecule has 0 heterocycles. The molecule has 4 heteroatoms. The summed E-state index contributed by atoms with van der Waals surface area (Å²) in [6.45, 7) is 10.9. The lowest BCUT2D eigenvalue weighted by molar-refractivity contribution is 0.0835. The van der Waals surface area contributed by atoms with Gasteiger partial charge >= 0.3 is 0 Å². The lowest BCUT2D eigenvalue weighted by Gasteiger charge is -2.22. The monoisotopic (exact) mass is 203 g/mol. The highest BCUT2D eigenvalue weighted by atomic mass is 16.5. The molecule has 0 aliphatic heterocycles. The van der Waals surface area contributed by atoms with Crippen molar-refractivity contribution >= 4 is 0 Å². The van der Waals surface area contributed by atoms with Crippen molar-refractivity contribution in [3.05, 3.63) is 0 Å². The Bertz CT molecular complexity index is 106. The number of ether oxygens (including phenoxy) is 1. The minimum Gasteiger partial charge on any atom is -0.381 e. The topological polar surface area (TPSA) is 36.5 Å². The Balaban J connectivity index is 3.30. The summed E-state index contributed by atoms with van der Waals surface area (Å²) < 4.78 is 5.41. The zero-order chi connectivity index (χ0) is 10.6. The maximum atomic E-state index is 5.41. The van der Waals surface area contributed by atoms with Crippen molar-refractivity contribution in [3.63, 3.8) is 0 Å². The molecular weight excluding hydrogens is 178 g/mol. The Hall–Kier alpha value is -0.160. The molecule has 0 bridgehead atoms. The second kappa shape index (κ2) is 10.9. The van der Waals surface area contributed by atoms with Crippen LogP contribution in [0.15, 0.2) is 0 Å². The van der Waals surface area contributed by atoms with Crippen molar-refractivity contribution < 1.29 is 4.74 Å². The summed E-state index contributed by atoms with van der Waals surface area (Å²) in [6.07, 6.45) is 2.16. The maximum Gasteiger partial charge on any atom is 0.0479 e. The van der Waals surface area contributed by atoms with Gasteiger partial charge in [0.1, 0.15) is 0 Å². The van der Waals surface area contributed by atoms with Crippen LogP contribution in [-0.4, -0.2) is 38.0 Å². The van der Waals surface area contributed by atoms with Crippen molar-refractivity contribution in [1.82, 2.24) is 16.0 Å². The molecular formula is C10H25N3O. The van der Waals surface area contributed by atoms with Gasteiger partial charge in [0.15, 0.2) is 0 Å². The van der Waals surface area contributed by atoms with Crippen LogP contribution in [0.5, 0.6) is 0 Å². The van der Waals surface area contributed by atoms with Gasteiger partial charge in [-0.1, -0.05) is 20.8 Å². The Morgan fingerprint density at radius 2 is 1.64 bits per heavy atom. The van der Waals surface area contributed by atoms with Crippen LogP contribution in [-0.2, 0) is 4.74 Å². The van der Waals surface area contributed by atoms with Crippen LogP contribution in [0.1, 0.15) is 33.6 Å². The van der Waals surface area contributed by atoms with E-state index >= 15 is 0 Å². The Morgan fingerprint density at radius 1 is 1.00 bits per heavy atom.